The van der Waals surface area contributed by atoms with Crippen LogP contribution >= 0.6 is 0 Å². The minimum Gasteiger partial charge on any atom is -0.496 e. The van der Waals surface area contributed by atoms with Gasteiger partial charge in [-0.3, -0.25) is 0 Å². The molecule has 0 amide bonds. The van der Waals surface area contributed by atoms with E-state index in [0.29, 0.717) is 0 Å². The van der Waals surface area contributed by atoms with Crippen molar-refractivity contribution in [3.8, 4) is 5.75 Å². The number of para-hydroxylation sites is 1. The number of hydrogen-bond donors (Lipinski definition) is 1. The van der Waals surface area contributed by atoms with Crippen LogP contribution in [0.15, 0.2) is 24.3 Å². The highest BCUT2D eigenvalue weighted by Gasteiger charge is 2.43. The van der Waals surface area contributed by atoms with Gasteiger partial charge in [0, 0.05) is 17.5 Å². The Morgan fingerprint density at radius 3 is 2.60 bits per heavy atom. The Bertz CT molecular complexity index is 342. The Labute approximate surface area is 91.4 Å². The number of ether oxygens (including phenoxy) is 1. The lowest BCUT2D eigenvalue weighted by atomic mass is 9.59. The van der Waals surface area contributed by atoms with Crippen LogP contribution in [0.2, 0.25) is 0 Å². The topological polar surface area (TPSA) is 35.2 Å². The minimum atomic E-state index is 0.173. The second-order valence-electron chi connectivity index (χ2n) is 4.70. The van der Waals surface area contributed by atoms with Crippen molar-refractivity contribution in [2.24, 2.45) is 11.7 Å². The molecule has 0 unspecified atom stereocenters. The molecule has 0 atom stereocenters. The molecule has 2 rings (SSSR count). The molecule has 82 valence electrons. The van der Waals surface area contributed by atoms with Crippen LogP contribution in [0.25, 0.3) is 0 Å². The predicted octanol–water partition coefficient (Wildman–Crippen LogP) is 2.32. The lowest BCUT2D eigenvalue weighted by Gasteiger charge is -2.46. The molecule has 0 radical (unpaired) electrons. The molecule has 1 aromatic carbocycles. The Kier molecular flexibility index (Phi) is 2.70. The van der Waals surface area contributed by atoms with Crippen LogP contribution in [-0.4, -0.2) is 13.7 Å². The largest absolute Gasteiger partial charge is 0.496 e. The monoisotopic (exact) mass is 205 g/mol. The fourth-order valence-corrected chi connectivity index (χ4v) is 2.85. The van der Waals surface area contributed by atoms with Gasteiger partial charge < -0.3 is 10.5 Å². The maximum Gasteiger partial charge on any atom is 0.122 e. The molecule has 2 heteroatoms. The highest BCUT2D eigenvalue weighted by Crippen LogP contribution is 2.49. The van der Waals surface area contributed by atoms with E-state index in [-0.39, 0.29) is 5.41 Å². The Balaban J connectivity index is 2.35. The van der Waals surface area contributed by atoms with Crippen molar-refractivity contribution in [2.45, 2.75) is 25.2 Å². The van der Waals surface area contributed by atoms with Crippen LogP contribution in [0, 0.1) is 5.92 Å². The molecule has 1 aliphatic rings. The first kappa shape index (κ1) is 10.5. The van der Waals surface area contributed by atoms with E-state index in [0.717, 1.165) is 18.2 Å². The molecule has 1 fully saturated rings. The maximum absolute atomic E-state index is 5.93. The fraction of sp³-hybridized carbons (Fsp3) is 0.538. The smallest absolute Gasteiger partial charge is 0.122 e. The van der Waals surface area contributed by atoms with Gasteiger partial charge in [-0.1, -0.05) is 25.1 Å². The summed E-state index contributed by atoms with van der Waals surface area (Å²) < 4.78 is 5.41. The summed E-state index contributed by atoms with van der Waals surface area (Å²) in [6, 6.07) is 8.25. The van der Waals surface area contributed by atoms with E-state index in [1.165, 1.54) is 18.4 Å². The lowest BCUT2D eigenvalue weighted by Crippen LogP contribution is -2.46. The molecular weight excluding hydrogens is 186 g/mol. The molecule has 0 aromatic heterocycles. The number of benzene rings is 1. The van der Waals surface area contributed by atoms with Gasteiger partial charge in [-0.15, -0.1) is 0 Å². The van der Waals surface area contributed by atoms with Gasteiger partial charge >= 0.3 is 0 Å². The maximum atomic E-state index is 5.93. The summed E-state index contributed by atoms with van der Waals surface area (Å²) in [5.41, 5.74) is 7.39. The third-order valence-corrected chi connectivity index (χ3v) is 3.55. The van der Waals surface area contributed by atoms with Crippen LogP contribution in [0.4, 0.5) is 0 Å². The Hall–Kier alpha value is -1.02. The molecule has 2 nitrogen and oxygen atoms in total. The summed E-state index contributed by atoms with van der Waals surface area (Å²) in [7, 11) is 1.73. The predicted molar refractivity (Wildman–Crippen MR) is 62.1 cm³/mol. The van der Waals surface area contributed by atoms with Crippen molar-refractivity contribution in [1.29, 1.82) is 0 Å². The van der Waals surface area contributed by atoms with Crippen LogP contribution in [0.5, 0.6) is 5.75 Å². The molecule has 1 aromatic rings. The molecule has 0 spiro atoms. The zero-order valence-electron chi connectivity index (χ0n) is 9.49. The summed E-state index contributed by atoms with van der Waals surface area (Å²) in [4.78, 5) is 0. The summed E-state index contributed by atoms with van der Waals surface area (Å²) in [6.45, 7) is 3.00. The zero-order chi connectivity index (χ0) is 10.9. The molecule has 0 saturated heterocycles. The molecule has 0 bridgehead atoms. The second-order valence-corrected chi connectivity index (χ2v) is 4.70. The van der Waals surface area contributed by atoms with Gasteiger partial charge in [-0.2, -0.15) is 0 Å². The van der Waals surface area contributed by atoms with Crippen molar-refractivity contribution in [3.05, 3.63) is 29.8 Å². The zero-order valence-corrected chi connectivity index (χ0v) is 9.49. The Morgan fingerprint density at radius 2 is 2.07 bits per heavy atom. The molecule has 1 aliphatic carbocycles. The first-order chi connectivity index (χ1) is 7.22. The van der Waals surface area contributed by atoms with Crippen LogP contribution in [-0.2, 0) is 5.41 Å². The van der Waals surface area contributed by atoms with E-state index < -0.39 is 0 Å². The van der Waals surface area contributed by atoms with Gasteiger partial charge in [0.1, 0.15) is 5.75 Å². The van der Waals surface area contributed by atoms with E-state index in [9.17, 15) is 0 Å². The quantitative estimate of drug-likeness (QED) is 0.822. The molecule has 0 aliphatic heterocycles. The van der Waals surface area contributed by atoms with Crippen molar-refractivity contribution in [2.75, 3.05) is 13.7 Å². The van der Waals surface area contributed by atoms with Gasteiger partial charge in [-0.05, 0) is 24.8 Å². The fourth-order valence-electron chi connectivity index (χ4n) is 2.85. The molecule has 15 heavy (non-hydrogen) atoms. The van der Waals surface area contributed by atoms with Gasteiger partial charge in [0.05, 0.1) is 7.11 Å². The summed E-state index contributed by atoms with van der Waals surface area (Å²) in [6.07, 6.45) is 2.37. The number of hydrogen-bond acceptors (Lipinski definition) is 2. The number of methoxy groups -OCH3 is 1. The Morgan fingerprint density at radius 1 is 1.40 bits per heavy atom. The van der Waals surface area contributed by atoms with E-state index in [2.05, 4.69) is 19.1 Å². The normalized spacial score (nSPS) is 29.7. The molecule has 1 saturated carbocycles. The van der Waals surface area contributed by atoms with Gasteiger partial charge in [0.2, 0.25) is 0 Å². The highest BCUT2D eigenvalue weighted by molar-refractivity contribution is 5.41. The first-order valence-corrected chi connectivity index (χ1v) is 5.55. The molecule has 0 heterocycles. The van der Waals surface area contributed by atoms with Gasteiger partial charge in [0.15, 0.2) is 0 Å². The average molecular weight is 205 g/mol. The first-order valence-electron chi connectivity index (χ1n) is 5.55. The summed E-state index contributed by atoms with van der Waals surface area (Å²) in [5, 5.41) is 0. The molecular formula is C13H19NO. The highest BCUT2D eigenvalue weighted by atomic mass is 16.5. The summed E-state index contributed by atoms with van der Waals surface area (Å²) >= 11 is 0. The standard InChI is InChI=1S/C13H19NO/c1-10-7-13(8-10,9-14)11-5-3-4-6-12(11)15-2/h3-6,10H,7-9,14H2,1-2H3. The van der Waals surface area contributed by atoms with Crippen LogP contribution in [0.3, 0.4) is 0 Å². The van der Waals surface area contributed by atoms with E-state index in [4.69, 9.17) is 10.5 Å². The molecule has 2 N–H and O–H groups in total. The summed E-state index contributed by atoms with van der Waals surface area (Å²) in [5.74, 6) is 1.77. The average Bonchev–Trinajstić information content (AvgIpc) is 2.24. The van der Waals surface area contributed by atoms with Crippen LogP contribution in [0.1, 0.15) is 25.3 Å². The SMILES string of the molecule is COc1ccccc1C1(CN)CC(C)C1. The minimum absolute atomic E-state index is 0.173. The van der Waals surface area contributed by atoms with E-state index >= 15 is 0 Å². The van der Waals surface area contributed by atoms with E-state index in [1.807, 2.05) is 12.1 Å². The number of nitrogens with two attached hydrogens (primary N) is 1. The van der Waals surface area contributed by atoms with Gasteiger partial charge in [-0.25, -0.2) is 0 Å². The van der Waals surface area contributed by atoms with Gasteiger partial charge in [0.25, 0.3) is 0 Å². The van der Waals surface area contributed by atoms with Crippen LogP contribution < -0.4 is 10.5 Å². The van der Waals surface area contributed by atoms with E-state index in [1.54, 1.807) is 7.11 Å². The third kappa shape index (κ3) is 1.63. The lowest BCUT2D eigenvalue weighted by molar-refractivity contribution is 0.160. The van der Waals surface area contributed by atoms with Crippen molar-refractivity contribution < 1.29 is 4.74 Å². The van der Waals surface area contributed by atoms with Crippen molar-refractivity contribution in [3.63, 3.8) is 0 Å². The van der Waals surface area contributed by atoms with Crippen molar-refractivity contribution >= 4 is 0 Å². The third-order valence-electron chi connectivity index (χ3n) is 3.55. The van der Waals surface area contributed by atoms with Crippen molar-refractivity contribution in [1.82, 2.24) is 0 Å². The number of rotatable bonds is 3. The second kappa shape index (κ2) is 3.86.